The second-order valence-electron chi connectivity index (χ2n) is 3.97. The molecule has 0 saturated carbocycles. The monoisotopic (exact) mass is 249 g/mol. The van der Waals surface area contributed by atoms with Crippen molar-refractivity contribution in [3.63, 3.8) is 0 Å². The Morgan fingerprint density at radius 2 is 1.94 bits per heavy atom. The van der Waals surface area contributed by atoms with Gasteiger partial charge in [0.05, 0.1) is 31.0 Å². The van der Waals surface area contributed by atoms with Crippen molar-refractivity contribution < 1.29 is 14.2 Å². The Kier molecular flexibility index (Phi) is 6.03. The maximum absolute atomic E-state index is 8.83. The predicted molar refractivity (Wildman–Crippen MR) is 68.9 cm³/mol. The lowest BCUT2D eigenvalue weighted by atomic mass is 10.2. The molecule has 0 amide bonds. The van der Waals surface area contributed by atoms with Crippen molar-refractivity contribution in [2.75, 3.05) is 19.8 Å². The highest BCUT2D eigenvalue weighted by Gasteiger charge is 2.06. The molecule has 0 aliphatic rings. The second-order valence-corrected chi connectivity index (χ2v) is 3.97. The normalized spacial score (nSPS) is 10.2. The molecule has 0 fully saturated rings. The van der Waals surface area contributed by atoms with Gasteiger partial charge in [0, 0.05) is 6.07 Å². The first-order chi connectivity index (χ1) is 8.67. The average Bonchev–Trinajstić information content (AvgIpc) is 2.36. The van der Waals surface area contributed by atoms with Gasteiger partial charge in [-0.1, -0.05) is 0 Å². The molecule has 0 saturated heterocycles. The molecule has 0 aliphatic heterocycles. The predicted octanol–water partition coefficient (Wildman–Crippen LogP) is 2.76. The number of nitrogens with zero attached hydrogens (tertiary/aromatic N) is 1. The lowest BCUT2D eigenvalue weighted by molar-refractivity contribution is 0.0545. The fourth-order valence-corrected chi connectivity index (χ4v) is 1.40. The van der Waals surface area contributed by atoms with E-state index in [-0.39, 0.29) is 6.10 Å². The van der Waals surface area contributed by atoms with Crippen LogP contribution in [0.15, 0.2) is 18.2 Å². The summed E-state index contributed by atoms with van der Waals surface area (Å²) in [4.78, 5) is 0. The molecule has 0 spiro atoms. The van der Waals surface area contributed by atoms with E-state index in [0.717, 1.165) is 0 Å². The first kappa shape index (κ1) is 14.3. The van der Waals surface area contributed by atoms with Gasteiger partial charge in [-0.2, -0.15) is 5.26 Å². The Bertz CT molecular complexity index is 410. The van der Waals surface area contributed by atoms with Gasteiger partial charge < -0.3 is 14.2 Å². The number of ether oxygens (including phenoxy) is 3. The van der Waals surface area contributed by atoms with E-state index in [1.54, 1.807) is 18.2 Å². The molecule has 4 heteroatoms. The maximum atomic E-state index is 8.83. The van der Waals surface area contributed by atoms with Gasteiger partial charge in [0.2, 0.25) is 0 Å². The molecule has 0 bridgehead atoms. The molecule has 0 atom stereocenters. The standard InChI is InChI=1S/C14H19NO3/c1-4-16-14-9-12(10-15)5-6-13(14)18-8-7-17-11(2)3/h5-6,9,11H,4,7-8H2,1-3H3. The molecule has 4 nitrogen and oxygen atoms in total. The van der Waals surface area contributed by atoms with E-state index in [0.29, 0.717) is 36.9 Å². The zero-order valence-corrected chi connectivity index (χ0v) is 11.1. The van der Waals surface area contributed by atoms with Crippen molar-refractivity contribution in [3.8, 4) is 17.6 Å². The summed E-state index contributed by atoms with van der Waals surface area (Å²) in [5.41, 5.74) is 0.559. The van der Waals surface area contributed by atoms with Gasteiger partial charge in [-0.3, -0.25) is 0 Å². The third-order valence-electron chi connectivity index (χ3n) is 2.16. The highest BCUT2D eigenvalue weighted by molar-refractivity contribution is 5.46. The maximum Gasteiger partial charge on any atom is 0.162 e. The molecular formula is C14H19NO3. The minimum Gasteiger partial charge on any atom is -0.490 e. The Balaban J connectivity index is 2.61. The van der Waals surface area contributed by atoms with Crippen LogP contribution >= 0.6 is 0 Å². The minimum atomic E-state index is 0.195. The number of benzene rings is 1. The van der Waals surface area contributed by atoms with E-state index in [1.165, 1.54) is 0 Å². The van der Waals surface area contributed by atoms with E-state index < -0.39 is 0 Å². The lowest BCUT2D eigenvalue weighted by Gasteiger charge is -2.13. The SMILES string of the molecule is CCOc1cc(C#N)ccc1OCCOC(C)C. The van der Waals surface area contributed by atoms with Gasteiger partial charge in [-0.15, -0.1) is 0 Å². The summed E-state index contributed by atoms with van der Waals surface area (Å²) >= 11 is 0. The van der Waals surface area contributed by atoms with Crippen molar-refractivity contribution in [1.29, 1.82) is 5.26 Å². The summed E-state index contributed by atoms with van der Waals surface area (Å²) in [5.74, 6) is 1.24. The Hall–Kier alpha value is -1.73. The van der Waals surface area contributed by atoms with Crippen LogP contribution < -0.4 is 9.47 Å². The Morgan fingerprint density at radius 3 is 2.56 bits per heavy atom. The molecular weight excluding hydrogens is 230 g/mol. The third-order valence-corrected chi connectivity index (χ3v) is 2.16. The van der Waals surface area contributed by atoms with Crippen molar-refractivity contribution in [3.05, 3.63) is 23.8 Å². The number of hydrogen-bond donors (Lipinski definition) is 0. The second kappa shape index (κ2) is 7.57. The van der Waals surface area contributed by atoms with E-state index in [9.17, 15) is 0 Å². The molecule has 18 heavy (non-hydrogen) atoms. The quantitative estimate of drug-likeness (QED) is 0.697. The summed E-state index contributed by atoms with van der Waals surface area (Å²) in [5, 5.41) is 8.83. The Labute approximate surface area is 108 Å². The van der Waals surface area contributed by atoms with E-state index in [1.807, 2.05) is 20.8 Å². The van der Waals surface area contributed by atoms with Gasteiger partial charge in [-0.05, 0) is 32.9 Å². The van der Waals surface area contributed by atoms with Crippen molar-refractivity contribution >= 4 is 0 Å². The Morgan fingerprint density at radius 1 is 1.17 bits per heavy atom. The van der Waals surface area contributed by atoms with E-state index >= 15 is 0 Å². The van der Waals surface area contributed by atoms with Crippen LogP contribution in [0.1, 0.15) is 26.3 Å². The van der Waals surface area contributed by atoms with E-state index in [4.69, 9.17) is 19.5 Å². The van der Waals surface area contributed by atoms with Crippen LogP contribution in [0.2, 0.25) is 0 Å². The van der Waals surface area contributed by atoms with Crippen LogP contribution in [-0.2, 0) is 4.74 Å². The smallest absolute Gasteiger partial charge is 0.162 e. The first-order valence-corrected chi connectivity index (χ1v) is 6.08. The molecule has 98 valence electrons. The molecule has 1 rings (SSSR count). The molecule has 1 aromatic rings. The lowest BCUT2D eigenvalue weighted by Crippen LogP contribution is -2.11. The van der Waals surface area contributed by atoms with Gasteiger partial charge in [0.15, 0.2) is 11.5 Å². The molecule has 1 aromatic carbocycles. The topological polar surface area (TPSA) is 51.5 Å². The molecule has 0 aromatic heterocycles. The van der Waals surface area contributed by atoms with Crippen molar-refractivity contribution in [2.45, 2.75) is 26.9 Å². The highest BCUT2D eigenvalue weighted by Crippen LogP contribution is 2.28. The van der Waals surface area contributed by atoms with Gasteiger partial charge in [0.25, 0.3) is 0 Å². The number of nitriles is 1. The summed E-state index contributed by atoms with van der Waals surface area (Å²) in [6.07, 6.45) is 0.195. The minimum absolute atomic E-state index is 0.195. The molecule has 0 radical (unpaired) electrons. The molecule has 0 heterocycles. The average molecular weight is 249 g/mol. The van der Waals surface area contributed by atoms with Crippen LogP contribution in [0.5, 0.6) is 11.5 Å². The summed E-state index contributed by atoms with van der Waals surface area (Å²) in [7, 11) is 0. The van der Waals surface area contributed by atoms with Crippen LogP contribution in [0.4, 0.5) is 0 Å². The van der Waals surface area contributed by atoms with Crippen LogP contribution in [0.25, 0.3) is 0 Å². The number of hydrogen-bond acceptors (Lipinski definition) is 4. The van der Waals surface area contributed by atoms with Gasteiger partial charge in [-0.25, -0.2) is 0 Å². The first-order valence-electron chi connectivity index (χ1n) is 6.08. The van der Waals surface area contributed by atoms with Crippen molar-refractivity contribution in [2.24, 2.45) is 0 Å². The van der Waals surface area contributed by atoms with Crippen LogP contribution in [0.3, 0.4) is 0 Å². The fraction of sp³-hybridized carbons (Fsp3) is 0.500. The fourth-order valence-electron chi connectivity index (χ4n) is 1.40. The van der Waals surface area contributed by atoms with Crippen LogP contribution in [-0.4, -0.2) is 25.9 Å². The molecule has 0 aliphatic carbocycles. The zero-order valence-electron chi connectivity index (χ0n) is 11.1. The largest absolute Gasteiger partial charge is 0.490 e. The van der Waals surface area contributed by atoms with E-state index in [2.05, 4.69) is 6.07 Å². The van der Waals surface area contributed by atoms with Crippen LogP contribution in [0, 0.1) is 11.3 Å². The summed E-state index contributed by atoms with van der Waals surface area (Å²) < 4.78 is 16.4. The third kappa shape index (κ3) is 4.64. The van der Waals surface area contributed by atoms with Gasteiger partial charge >= 0.3 is 0 Å². The zero-order chi connectivity index (χ0) is 13.4. The summed E-state index contributed by atoms with van der Waals surface area (Å²) in [6.45, 7) is 7.38. The van der Waals surface area contributed by atoms with Crippen molar-refractivity contribution in [1.82, 2.24) is 0 Å². The molecule has 0 unspecified atom stereocenters. The molecule has 0 N–H and O–H groups in total. The number of rotatable bonds is 7. The summed E-state index contributed by atoms with van der Waals surface area (Å²) in [6, 6.07) is 7.22. The van der Waals surface area contributed by atoms with Gasteiger partial charge in [0.1, 0.15) is 6.61 Å². The highest BCUT2D eigenvalue weighted by atomic mass is 16.5.